The number of hydrogen-bond donors (Lipinski definition) is 1. The van der Waals surface area contributed by atoms with Gasteiger partial charge in [-0.15, -0.1) is 0 Å². The van der Waals surface area contributed by atoms with E-state index in [1.54, 1.807) is 0 Å². The first-order chi connectivity index (χ1) is 9.54. The first-order valence-electron chi connectivity index (χ1n) is 5.58. The number of nitrogens with zero attached hydrogens (tertiary/aromatic N) is 1. The van der Waals surface area contributed by atoms with Gasteiger partial charge in [-0.1, -0.05) is 29.3 Å². The van der Waals surface area contributed by atoms with Crippen molar-refractivity contribution in [3.8, 4) is 0 Å². The van der Waals surface area contributed by atoms with Crippen LogP contribution in [0.1, 0.15) is 12.5 Å². The fourth-order valence-electron chi connectivity index (χ4n) is 1.51. The van der Waals surface area contributed by atoms with Crippen molar-refractivity contribution >= 4 is 35.1 Å². The lowest BCUT2D eigenvalue weighted by Crippen LogP contribution is -2.48. The third-order valence-corrected chi connectivity index (χ3v) is 3.27. The summed E-state index contributed by atoms with van der Waals surface area (Å²) in [6, 6.07) is 2.34. The van der Waals surface area contributed by atoms with Gasteiger partial charge in [-0.2, -0.15) is 13.2 Å². The van der Waals surface area contributed by atoms with Crippen LogP contribution < -0.4 is 0 Å². The van der Waals surface area contributed by atoms with E-state index in [1.165, 1.54) is 18.2 Å². The molecule has 1 aromatic carbocycles. The molecule has 0 fully saturated rings. The van der Waals surface area contributed by atoms with Gasteiger partial charge in [0.05, 0.1) is 0 Å². The van der Waals surface area contributed by atoms with Crippen molar-refractivity contribution in [2.45, 2.75) is 25.7 Å². The maximum absolute atomic E-state index is 12.6. The quantitative estimate of drug-likeness (QED) is 0.911. The lowest BCUT2D eigenvalue weighted by Gasteiger charge is -2.27. The molecule has 0 aliphatic rings. The van der Waals surface area contributed by atoms with E-state index in [0.717, 1.165) is 6.92 Å². The highest BCUT2D eigenvalue weighted by atomic mass is 35.5. The number of rotatable bonds is 4. The fourth-order valence-corrected chi connectivity index (χ4v) is 1.98. The van der Waals surface area contributed by atoms with Gasteiger partial charge in [0.1, 0.15) is 6.04 Å². The third kappa shape index (κ3) is 4.50. The predicted molar refractivity (Wildman–Crippen MR) is 70.2 cm³/mol. The summed E-state index contributed by atoms with van der Waals surface area (Å²) in [4.78, 5) is 22.4. The Morgan fingerprint density at radius 3 is 2.33 bits per heavy atom. The second-order valence-electron chi connectivity index (χ2n) is 4.18. The second-order valence-corrected chi connectivity index (χ2v) is 5.02. The van der Waals surface area contributed by atoms with Gasteiger partial charge < -0.3 is 10.0 Å². The van der Waals surface area contributed by atoms with E-state index in [-0.39, 0.29) is 20.5 Å². The summed E-state index contributed by atoms with van der Waals surface area (Å²) in [5.41, 5.74) is 0.159. The van der Waals surface area contributed by atoms with Crippen LogP contribution in [-0.4, -0.2) is 34.1 Å². The van der Waals surface area contributed by atoms with Crippen LogP contribution in [0.25, 0.3) is 0 Å². The molecule has 0 spiro atoms. The zero-order valence-corrected chi connectivity index (χ0v) is 12.1. The van der Waals surface area contributed by atoms with Gasteiger partial charge in [-0.05, 0) is 24.6 Å². The van der Waals surface area contributed by atoms with Crippen molar-refractivity contribution in [1.82, 2.24) is 4.90 Å². The summed E-state index contributed by atoms with van der Waals surface area (Å²) in [5, 5.41) is 9.15. The molecule has 1 N–H and O–H groups in total. The number of alkyl halides is 3. The predicted octanol–water partition coefficient (Wildman–Crippen LogP) is 3.36. The van der Waals surface area contributed by atoms with Gasteiger partial charge in [0.25, 0.3) is 0 Å². The Morgan fingerprint density at radius 1 is 1.33 bits per heavy atom. The van der Waals surface area contributed by atoms with E-state index in [2.05, 4.69) is 0 Å². The van der Waals surface area contributed by atoms with Gasteiger partial charge in [0, 0.05) is 16.6 Å². The molecule has 1 atom stereocenters. The van der Waals surface area contributed by atoms with Crippen molar-refractivity contribution in [2.75, 3.05) is 0 Å². The van der Waals surface area contributed by atoms with Crippen molar-refractivity contribution in [2.24, 2.45) is 0 Å². The Kier molecular flexibility index (Phi) is 5.47. The number of carbonyl (C=O) groups excluding carboxylic acids is 1. The van der Waals surface area contributed by atoms with E-state index >= 15 is 0 Å². The largest absolute Gasteiger partial charge is 0.480 e. The zero-order chi connectivity index (χ0) is 16.4. The molecule has 0 aromatic heterocycles. The van der Waals surface area contributed by atoms with Crippen LogP contribution in [0.3, 0.4) is 0 Å². The summed E-state index contributed by atoms with van der Waals surface area (Å²) >= 11 is 11.5. The number of carboxylic acid groups (broad SMARTS) is 1. The van der Waals surface area contributed by atoms with E-state index in [0.29, 0.717) is 0 Å². The summed E-state index contributed by atoms with van der Waals surface area (Å²) in [7, 11) is 0. The van der Waals surface area contributed by atoms with Gasteiger partial charge in [-0.25, -0.2) is 4.79 Å². The number of hydrogen-bond acceptors (Lipinski definition) is 2. The first kappa shape index (κ1) is 17.6. The molecular formula is C12H10Cl2F3NO3. The Balaban J connectivity index is 3.13. The minimum Gasteiger partial charge on any atom is -0.480 e. The molecule has 1 aromatic rings. The van der Waals surface area contributed by atoms with Crippen molar-refractivity contribution in [3.05, 3.63) is 33.8 Å². The molecule has 116 valence electrons. The number of benzene rings is 1. The Bertz CT molecular complexity index is 563. The molecule has 0 saturated heterocycles. The zero-order valence-electron chi connectivity index (χ0n) is 10.6. The Morgan fingerprint density at radius 2 is 1.90 bits per heavy atom. The van der Waals surface area contributed by atoms with Crippen molar-refractivity contribution < 1.29 is 27.9 Å². The molecule has 9 heteroatoms. The Hall–Kier alpha value is -1.47. The molecule has 0 saturated carbocycles. The molecule has 1 rings (SSSR count). The normalized spacial score (nSPS) is 12.9. The van der Waals surface area contributed by atoms with Crippen LogP contribution in [0.4, 0.5) is 13.2 Å². The smallest absolute Gasteiger partial charge is 0.471 e. The fraction of sp³-hybridized carbons (Fsp3) is 0.333. The molecule has 4 nitrogen and oxygen atoms in total. The monoisotopic (exact) mass is 343 g/mol. The number of aliphatic carboxylic acids is 1. The molecule has 0 radical (unpaired) electrons. The average Bonchev–Trinajstić information content (AvgIpc) is 2.35. The highest BCUT2D eigenvalue weighted by Gasteiger charge is 2.45. The minimum absolute atomic E-state index is 0.0417. The van der Waals surface area contributed by atoms with Crippen LogP contribution in [-0.2, 0) is 16.1 Å². The third-order valence-electron chi connectivity index (χ3n) is 2.68. The van der Waals surface area contributed by atoms with Gasteiger partial charge in [0.15, 0.2) is 0 Å². The standard InChI is InChI=1S/C12H10Cl2F3NO3/c1-6(10(19)20)18(11(21)12(15,16)17)5-7-2-3-8(13)4-9(7)14/h2-4,6H,5H2,1H3,(H,19,20). The van der Waals surface area contributed by atoms with Crippen molar-refractivity contribution in [1.29, 1.82) is 0 Å². The molecular weight excluding hydrogens is 334 g/mol. The van der Waals surface area contributed by atoms with E-state index in [9.17, 15) is 22.8 Å². The van der Waals surface area contributed by atoms with Gasteiger partial charge in [-0.3, -0.25) is 4.79 Å². The highest BCUT2D eigenvalue weighted by molar-refractivity contribution is 6.35. The summed E-state index contributed by atoms with van der Waals surface area (Å²) in [6.07, 6.45) is -5.18. The van der Waals surface area contributed by atoms with Crippen LogP contribution in [0, 0.1) is 0 Å². The topological polar surface area (TPSA) is 57.6 Å². The molecule has 1 unspecified atom stereocenters. The van der Waals surface area contributed by atoms with E-state index in [4.69, 9.17) is 28.3 Å². The number of carbonyl (C=O) groups is 2. The van der Waals surface area contributed by atoms with E-state index < -0.39 is 30.6 Å². The number of carboxylic acids is 1. The SMILES string of the molecule is CC(C(=O)O)N(Cc1ccc(Cl)cc1Cl)C(=O)C(F)(F)F. The first-order valence-corrected chi connectivity index (χ1v) is 6.34. The number of halogens is 5. The molecule has 21 heavy (non-hydrogen) atoms. The molecule has 0 aliphatic heterocycles. The average molecular weight is 344 g/mol. The second kappa shape index (κ2) is 6.53. The molecule has 0 aliphatic carbocycles. The van der Waals surface area contributed by atoms with Gasteiger partial charge >= 0.3 is 18.1 Å². The van der Waals surface area contributed by atoms with Crippen molar-refractivity contribution in [3.63, 3.8) is 0 Å². The summed E-state index contributed by atoms with van der Waals surface area (Å²) in [6.45, 7) is 0.387. The summed E-state index contributed by atoms with van der Waals surface area (Å²) < 4.78 is 37.7. The summed E-state index contributed by atoms with van der Waals surface area (Å²) in [5.74, 6) is -3.80. The van der Waals surface area contributed by atoms with Gasteiger partial charge in [0.2, 0.25) is 0 Å². The molecule has 1 amide bonds. The lowest BCUT2D eigenvalue weighted by atomic mass is 10.1. The minimum atomic E-state index is -5.18. The molecule has 0 bridgehead atoms. The highest BCUT2D eigenvalue weighted by Crippen LogP contribution is 2.26. The maximum atomic E-state index is 12.6. The van der Waals surface area contributed by atoms with Crippen LogP contribution in [0.2, 0.25) is 10.0 Å². The maximum Gasteiger partial charge on any atom is 0.471 e. The Labute approximate surface area is 128 Å². The number of amides is 1. The van der Waals surface area contributed by atoms with E-state index in [1.807, 2.05) is 0 Å². The van der Waals surface area contributed by atoms with Crippen LogP contribution in [0.15, 0.2) is 18.2 Å². The van der Waals surface area contributed by atoms with Crippen LogP contribution in [0.5, 0.6) is 0 Å². The van der Waals surface area contributed by atoms with Crippen LogP contribution >= 0.6 is 23.2 Å². The lowest BCUT2D eigenvalue weighted by molar-refractivity contribution is -0.190. The molecule has 0 heterocycles.